The molecule has 5 heteroatoms. The highest BCUT2D eigenvalue weighted by Gasteiger charge is 2.25. The number of nitrogens with one attached hydrogen (secondary N) is 1. The summed E-state index contributed by atoms with van der Waals surface area (Å²) in [7, 11) is 0. The van der Waals surface area contributed by atoms with Gasteiger partial charge in [-0.3, -0.25) is 9.69 Å². The average molecular weight is 317 g/mol. The number of carbonyl (C=O) groups is 1. The van der Waals surface area contributed by atoms with Crippen molar-refractivity contribution in [1.82, 2.24) is 4.90 Å². The number of piperazine rings is 1. The Balaban J connectivity index is 1.54. The van der Waals surface area contributed by atoms with Crippen LogP contribution in [0.25, 0.3) is 0 Å². The Labute approximate surface area is 135 Å². The smallest absolute Gasteiger partial charge is 0.274 e. The molecule has 1 saturated heterocycles. The maximum Gasteiger partial charge on any atom is 0.274 e. The molecule has 1 amide bonds. The van der Waals surface area contributed by atoms with E-state index >= 15 is 0 Å². The molecule has 0 spiro atoms. The van der Waals surface area contributed by atoms with Crippen LogP contribution in [0.2, 0.25) is 5.02 Å². The van der Waals surface area contributed by atoms with Crippen molar-refractivity contribution in [3.05, 3.63) is 59.2 Å². The lowest BCUT2D eigenvalue weighted by molar-refractivity contribution is -0.364. The van der Waals surface area contributed by atoms with Crippen molar-refractivity contribution in [2.75, 3.05) is 31.1 Å². The number of pyridine rings is 1. The number of hydrogen-bond acceptors (Lipinski definition) is 2. The van der Waals surface area contributed by atoms with E-state index in [9.17, 15) is 4.79 Å². The first-order chi connectivity index (χ1) is 10.7. The maximum atomic E-state index is 12.4. The minimum atomic E-state index is 0.180. The molecule has 1 aliphatic rings. The van der Waals surface area contributed by atoms with E-state index in [1.54, 1.807) is 0 Å². The topological polar surface area (TPSA) is 37.7 Å². The highest BCUT2D eigenvalue weighted by atomic mass is 35.5. The Morgan fingerprint density at radius 1 is 1.05 bits per heavy atom. The number of halogens is 1. The second-order valence-corrected chi connectivity index (χ2v) is 5.86. The van der Waals surface area contributed by atoms with Crippen LogP contribution in [-0.4, -0.2) is 37.0 Å². The summed E-state index contributed by atoms with van der Waals surface area (Å²) in [4.78, 5) is 19.8. The number of rotatable bonds is 3. The lowest BCUT2D eigenvalue weighted by Gasteiger charge is -2.31. The summed E-state index contributed by atoms with van der Waals surface area (Å²) < 4.78 is 0. The van der Waals surface area contributed by atoms with Gasteiger partial charge in [0.05, 0.1) is 25.7 Å². The molecule has 1 aromatic carbocycles. The van der Waals surface area contributed by atoms with E-state index in [2.05, 4.69) is 16.0 Å². The molecule has 1 N–H and O–H groups in total. The lowest BCUT2D eigenvalue weighted by Crippen LogP contribution is -2.50. The van der Waals surface area contributed by atoms with Crippen LogP contribution in [0, 0.1) is 0 Å². The second-order valence-electron chi connectivity index (χ2n) is 5.42. The van der Waals surface area contributed by atoms with E-state index in [-0.39, 0.29) is 5.91 Å². The van der Waals surface area contributed by atoms with Gasteiger partial charge in [0.1, 0.15) is 13.1 Å². The molecule has 1 fully saturated rings. The summed E-state index contributed by atoms with van der Waals surface area (Å²) in [5.74, 6) is 1.28. The number of carbonyl (C=O) groups excluding carboxylic acids is 1. The van der Waals surface area contributed by atoms with Crippen LogP contribution in [0.4, 0.5) is 5.82 Å². The van der Waals surface area contributed by atoms with Gasteiger partial charge in [-0.15, -0.1) is 0 Å². The molecule has 0 unspecified atom stereocenters. The molecule has 1 aliphatic heterocycles. The number of nitrogens with zero attached hydrogens (tertiary/aromatic N) is 2. The van der Waals surface area contributed by atoms with Crippen LogP contribution in [-0.2, 0) is 11.2 Å². The first-order valence-corrected chi connectivity index (χ1v) is 7.84. The Hall–Kier alpha value is -2.07. The van der Waals surface area contributed by atoms with Crippen molar-refractivity contribution in [2.45, 2.75) is 6.42 Å². The van der Waals surface area contributed by atoms with Crippen LogP contribution < -0.4 is 9.88 Å². The zero-order chi connectivity index (χ0) is 15.4. The molecule has 0 atom stereocenters. The fourth-order valence-electron chi connectivity index (χ4n) is 2.67. The predicted octanol–water partition coefficient (Wildman–Crippen LogP) is 2.05. The lowest BCUT2D eigenvalue weighted by atomic mass is 10.1. The summed E-state index contributed by atoms with van der Waals surface area (Å²) in [5.41, 5.74) is 1.01. The number of hydrogen-bond donors (Lipinski definition) is 0. The van der Waals surface area contributed by atoms with Gasteiger partial charge in [0.25, 0.3) is 5.82 Å². The van der Waals surface area contributed by atoms with Crippen LogP contribution in [0.3, 0.4) is 0 Å². The molecular formula is C17H19ClN3O+. The molecule has 22 heavy (non-hydrogen) atoms. The molecule has 3 rings (SSSR count). The molecular weight excluding hydrogens is 298 g/mol. The standard InChI is InChI=1S/C17H18ClN3O/c18-15-6-4-14(5-7-15)13-17(22)21-11-9-20(10-12-21)16-3-1-2-8-19-16/h1-8H,9-13H2/p+1. The van der Waals surface area contributed by atoms with E-state index in [4.69, 9.17) is 11.6 Å². The van der Waals surface area contributed by atoms with Gasteiger partial charge in [0, 0.05) is 11.1 Å². The molecule has 0 aliphatic carbocycles. The molecule has 2 aromatic rings. The average Bonchev–Trinajstić information content (AvgIpc) is 2.58. The van der Waals surface area contributed by atoms with E-state index in [1.165, 1.54) is 0 Å². The Bertz CT molecular complexity index is 622. The van der Waals surface area contributed by atoms with Crippen LogP contribution in [0.1, 0.15) is 5.56 Å². The third-order valence-corrected chi connectivity index (χ3v) is 4.19. The summed E-state index contributed by atoms with van der Waals surface area (Å²) in [6.45, 7) is 3.23. The monoisotopic (exact) mass is 316 g/mol. The van der Waals surface area contributed by atoms with E-state index < -0.39 is 0 Å². The minimum absolute atomic E-state index is 0.180. The van der Waals surface area contributed by atoms with Crippen molar-refractivity contribution in [2.24, 2.45) is 0 Å². The zero-order valence-electron chi connectivity index (χ0n) is 12.3. The third kappa shape index (κ3) is 3.57. The number of aromatic nitrogens is 1. The predicted molar refractivity (Wildman–Crippen MR) is 86.9 cm³/mol. The number of aromatic amines is 1. The van der Waals surface area contributed by atoms with Gasteiger partial charge < -0.3 is 4.90 Å². The number of benzene rings is 1. The number of amides is 1. The van der Waals surface area contributed by atoms with E-state index in [0.717, 1.165) is 37.6 Å². The van der Waals surface area contributed by atoms with Crippen molar-refractivity contribution >= 4 is 23.3 Å². The maximum absolute atomic E-state index is 12.4. The van der Waals surface area contributed by atoms with Crippen molar-refractivity contribution in [1.29, 1.82) is 0 Å². The summed E-state index contributed by atoms with van der Waals surface area (Å²) in [6, 6.07) is 13.5. The van der Waals surface area contributed by atoms with Crippen molar-refractivity contribution < 1.29 is 9.78 Å². The number of H-pyrrole nitrogens is 1. The van der Waals surface area contributed by atoms with Gasteiger partial charge >= 0.3 is 0 Å². The van der Waals surface area contributed by atoms with Gasteiger partial charge in [0.15, 0.2) is 0 Å². The Morgan fingerprint density at radius 3 is 2.41 bits per heavy atom. The van der Waals surface area contributed by atoms with Crippen LogP contribution >= 0.6 is 11.6 Å². The molecule has 114 valence electrons. The number of anilines is 1. The second kappa shape index (κ2) is 6.79. The molecule has 4 nitrogen and oxygen atoms in total. The van der Waals surface area contributed by atoms with Gasteiger partial charge in [-0.1, -0.05) is 29.8 Å². The molecule has 1 aromatic heterocycles. The largest absolute Gasteiger partial charge is 0.335 e. The first kappa shape index (κ1) is 14.9. The van der Waals surface area contributed by atoms with Crippen molar-refractivity contribution in [3.8, 4) is 0 Å². The highest BCUT2D eigenvalue weighted by Crippen LogP contribution is 2.13. The van der Waals surface area contributed by atoms with E-state index in [1.807, 2.05) is 47.5 Å². The quantitative estimate of drug-likeness (QED) is 0.869. The van der Waals surface area contributed by atoms with Crippen LogP contribution in [0.5, 0.6) is 0 Å². The van der Waals surface area contributed by atoms with Gasteiger partial charge in [-0.05, 0) is 23.8 Å². The highest BCUT2D eigenvalue weighted by molar-refractivity contribution is 6.30. The Kier molecular flexibility index (Phi) is 4.59. The molecule has 0 saturated carbocycles. The van der Waals surface area contributed by atoms with Gasteiger partial charge in [-0.2, -0.15) is 0 Å². The normalized spacial score (nSPS) is 15.0. The Morgan fingerprint density at radius 2 is 1.77 bits per heavy atom. The fourth-order valence-corrected chi connectivity index (χ4v) is 2.79. The SMILES string of the molecule is O=C(Cc1ccc(Cl)cc1)N1CCN(c2cccc[nH+]2)CC1. The van der Waals surface area contributed by atoms with Crippen molar-refractivity contribution in [3.63, 3.8) is 0 Å². The minimum Gasteiger partial charge on any atom is -0.335 e. The summed E-state index contributed by atoms with van der Waals surface area (Å²) >= 11 is 5.87. The fraction of sp³-hybridized carbons (Fsp3) is 0.294. The molecule has 2 heterocycles. The van der Waals surface area contributed by atoms with Gasteiger partial charge in [0.2, 0.25) is 5.91 Å². The van der Waals surface area contributed by atoms with Gasteiger partial charge in [-0.25, -0.2) is 4.98 Å². The first-order valence-electron chi connectivity index (χ1n) is 7.46. The summed E-state index contributed by atoms with van der Waals surface area (Å²) in [6.07, 6.45) is 2.36. The van der Waals surface area contributed by atoms with E-state index in [0.29, 0.717) is 11.4 Å². The molecule has 0 bridgehead atoms. The van der Waals surface area contributed by atoms with Crippen LogP contribution in [0.15, 0.2) is 48.7 Å². The summed E-state index contributed by atoms with van der Waals surface area (Å²) in [5, 5.41) is 0.698. The molecule has 0 radical (unpaired) electrons. The zero-order valence-corrected chi connectivity index (χ0v) is 13.1. The third-order valence-electron chi connectivity index (χ3n) is 3.93.